The zero-order chi connectivity index (χ0) is 14.9. The Kier molecular flexibility index (Phi) is 3.69. The van der Waals surface area contributed by atoms with Crippen molar-refractivity contribution in [3.05, 3.63) is 59.7 Å². The molecule has 4 nitrogen and oxygen atoms in total. The lowest BCUT2D eigenvalue weighted by Gasteiger charge is -2.30. The summed E-state index contributed by atoms with van der Waals surface area (Å²) in [6, 6.07) is 14.9. The van der Waals surface area contributed by atoms with Gasteiger partial charge in [-0.2, -0.15) is 0 Å². The highest BCUT2D eigenvalue weighted by Gasteiger charge is 2.26. The summed E-state index contributed by atoms with van der Waals surface area (Å²) in [5, 5.41) is 2.97. The first-order chi connectivity index (χ1) is 10.1. The van der Waals surface area contributed by atoms with E-state index in [0.29, 0.717) is 11.4 Å². The van der Waals surface area contributed by atoms with Crippen LogP contribution in [-0.2, 0) is 16.4 Å². The van der Waals surface area contributed by atoms with Crippen molar-refractivity contribution in [3.63, 3.8) is 0 Å². The van der Waals surface area contributed by atoms with Gasteiger partial charge in [0.1, 0.15) is 0 Å². The van der Waals surface area contributed by atoms with E-state index in [1.807, 2.05) is 12.1 Å². The summed E-state index contributed by atoms with van der Waals surface area (Å²) in [5.74, 6) is 0.285. The summed E-state index contributed by atoms with van der Waals surface area (Å²) in [6.07, 6.45) is 0.942. The van der Waals surface area contributed by atoms with Crippen LogP contribution >= 0.6 is 0 Å². The highest BCUT2D eigenvalue weighted by atomic mass is 32.2. The fourth-order valence-electron chi connectivity index (χ4n) is 2.64. The third-order valence-corrected chi connectivity index (χ3v) is 5.37. The molecule has 5 heteroatoms. The molecule has 2 aromatic rings. The maximum atomic E-state index is 12.3. The van der Waals surface area contributed by atoms with Gasteiger partial charge in [-0.1, -0.05) is 24.3 Å². The van der Waals surface area contributed by atoms with Crippen LogP contribution < -0.4 is 10.0 Å². The molecule has 0 saturated heterocycles. The van der Waals surface area contributed by atoms with E-state index in [0.717, 1.165) is 12.1 Å². The third kappa shape index (κ3) is 2.80. The van der Waals surface area contributed by atoms with Crippen molar-refractivity contribution in [2.75, 3.05) is 18.9 Å². The molecule has 0 amide bonds. The summed E-state index contributed by atoms with van der Waals surface area (Å²) in [7, 11) is -1.64. The number of hydrogen-bond donors (Lipinski definition) is 2. The maximum absolute atomic E-state index is 12.3. The van der Waals surface area contributed by atoms with Crippen LogP contribution in [-0.4, -0.2) is 22.0 Å². The topological polar surface area (TPSA) is 58.2 Å². The second kappa shape index (κ2) is 5.50. The van der Waals surface area contributed by atoms with Crippen LogP contribution in [0.4, 0.5) is 5.69 Å². The normalized spacial score (nSPS) is 16.9. The number of sulfonamides is 1. The van der Waals surface area contributed by atoms with Crippen molar-refractivity contribution in [1.29, 1.82) is 0 Å². The number of benzene rings is 2. The van der Waals surface area contributed by atoms with Gasteiger partial charge in [0.15, 0.2) is 0 Å². The molecule has 3 rings (SSSR count). The summed E-state index contributed by atoms with van der Waals surface area (Å²) in [6.45, 7) is 0.452. The van der Waals surface area contributed by atoms with Crippen molar-refractivity contribution >= 4 is 15.7 Å². The minimum absolute atomic E-state index is 0.285. The average Bonchev–Trinajstić information content (AvgIpc) is 2.48. The molecule has 2 N–H and O–H groups in total. The van der Waals surface area contributed by atoms with Crippen LogP contribution in [0.1, 0.15) is 17.0 Å². The Morgan fingerprint density at radius 1 is 1.10 bits per heavy atom. The van der Waals surface area contributed by atoms with Gasteiger partial charge in [0, 0.05) is 25.2 Å². The number of nitrogens with one attached hydrogen (secondary N) is 2. The standard InChI is InChI=1S/C16H18N2O2S/c1-17-14-6-8-15(9-7-14)21(19,20)18-11-13-10-12-4-2-3-5-16(12)13/h2-9,13,17-18H,10-11H2,1H3. The van der Waals surface area contributed by atoms with Crippen molar-refractivity contribution in [2.24, 2.45) is 0 Å². The van der Waals surface area contributed by atoms with E-state index in [4.69, 9.17) is 0 Å². The van der Waals surface area contributed by atoms with Gasteiger partial charge < -0.3 is 5.32 Å². The molecule has 0 heterocycles. The number of fused-ring (bicyclic) bond motifs is 1. The highest BCUT2D eigenvalue weighted by Crippen LogP contribution is 2.34. The molecule has 110 valence electrons. The number of hydrogen-bond acceptors (Lipinski definition) is 3. The van der Waals surface area contributed by atoms with E-state index in [9.17, 15) is 8.42 Å². The Hall–Kier alpha value is -1.85. The first-order valence-electron chi connectivity index (χ1n) is 6.95. The molecular weight excluding hydrogens is 284 g/mol. The van der Waals surface area contributed by atoms with E-state index < -0.39 is 10.0 Å². The lowest BCUT2D eigenvalue weighted by atomic mass is 9.78. The average molecular weight is 302 g/mol. The first-order valence-corrected chi connectivity index (χ1v) is 8.44. The second-order valence-corrected chi connectivity index (χ2v) is 6.99. The molecule has 0 aliphatic heterocycles. The van der Waals surface area contributed by atoms with E-state index in [1.165, 1.54) is 11.1 Å². The molecule has 1 atom stereocenters. The van der Waals surface area contributed by atoms with Crippen LogP contribution in [0.15, 0.2) is 53.4 Å². The van der Waals surface area contributed by atoms with Gasteiger partial charge in [-0.25, -0.2) is 13.1 Å². The fourth-order valence-corrected chi connectivity index (χ4v) is 3.72. The third-order valence-electron chi connectivity index (χ3n) is 3.93. The predicted molar refractivity (Wildman–Crippen MR) is 84.1 cm³/mol. The molecule has 21 heavy (non-hydrogen) atoms. The smallest absolute Gasteiger partial charge is 0.240 e. The quantitative estimate of drug-likeness (QED) is 0.891. The zero-order valence-electron chi connectivity index (χ0n) is 11.8. The van der Waals surface area contributed by atoms with Gasteiger partial charge in [0.25, 0.3) is 0 Å². The van der Waals surface area contributed by atoms with Gasteiger partial charge in [0.2, 0.25) is 10.0 Å². The molecule has 0 fully saturated rings. The predicted octanol–water partition coefficient (Wildman–Crippen LogP) is 2.35. The van der Waals surface area contributed by atoms with Gasteiger partial charge in [-0.3, -0.25) is 0 Å². The Morgan fingerprint density at radius 2 is 1.81 bits per heavy atom. The SMILES string of the molecule is CNc1ccc(S(=O)(=O)NCC2Cc3ccccc32)cc1. The van der Waals surface area contributed by atoms with Gasteiger partial charge in [0.05, 0.1) is 4.90 Å². The summed E-state index contributed by atoms with van der Waals surface area (Å²) in [5.41, 5.74) is 3.47. The van der Waals surface area contributed by atoms with Gasteiger partial charge in [-0.15, -0.1) is 0 Å². The van der Waals surface area contributed by atoms with Crippen LogP contribution in [0.25, 0.3) is 0 Å². The Bertz CT molecular complexity index is 739. The lowest BCUT2D eigenvalue weighted by Crippen LogP contribution is -2.33. The molecule has 1 unspecified atom stereocenters. The molecule has 1 aliphatic carbocycles. The Morgan fingerprint density at radius 3 is 2.48 bits per heavy atom. The van der Waals surface area contributed by atoms with Crippen molar-refractivity contribution < 1.29 is 8.42 Å². The van der Waals surface area contributed by atoms with Gasteiger partial charge in [-0.05, 0) is 41.8 Å². The molecule has 0 aromatic heterocycles. The number of anilines is 1. The first kappa shape index (κ1) is 14.1. The number of rotatable bonds is 5. The Labute approximate surface area is 125 Å². The molecular formula is C16H18N2O2S. The highest BCUT2D eigenvalue weighted by molar-refractivity contribution is 7.89. The Balaban J connectivity index is 1.67. The van der Waals surface area contributed by atoms with Crippen LogP contribution in [0, 0.1) is 0 Å². The summed E-state index contributed by atoms with van der Waals surface area (Å²) >= 11 is 0. The van der Waals surface area contributed by atoms with E-state index in [1.54, 1.807) is 31.3 Å². The van der Waals surface area contributed by atoms with Crippen LogP contribution in [0.3, 0.4) is 0 Å². The van der Waals surface area contributed by atoms with E-state index in [2.05, 4.69) is 22.2 Å². The largest absolute Gasteiger partial charge is 0.388 e. The van der Waals surface area contributed by atoms with Gasteiger partial charge >= 0.3 is 0 Å². The fraction of sp³-hybridized carbons (Fsp3) is 0.250. The lowest BCUT2D eigenvalue weighted by molar-refractivity contribution is 0.552. The van der Waals surface area contributed by atoms with Crippen LogP contribution in [0.5, 0.6) is 0 Å². The van der Waals surface area contributed by atoms with Crippen molar-refractivity contribution in [1.82, 2.24) is 4.72 Å². The minimum atomic E-state index is -3.44. The summed E-state index contributed by atoms with van der Waals surface area (Å²) < 4.78 is 27.2. The second-order valence-electron chi connectivity index (χ2n) is 5.23. The maximum Gasteiger partial charge on any atom is 0.240 e. The molecule has 0 saturated carbocycles. The van der Waals surface area contributed by atoms with E-state index in [-0.39, 0.29) is 5.92 Å². The van der Waals surface area contributed by atoms with Crippen molar-refractivity contribution in [3.8, 4) is 0 Å². The summed E-state index contributed by atoms with van der Waals surface area (Å²) in [4.78, 5) is 0.300. The molecule has 0 radical (unpaired) electrons. The molecule has 1 aliphatic rings. The molecule has 2 aromatic carbocycles. The van der Waals surface area contributed by atoms with Crippen LogP contribution in [0.2, 0.25) is 0 Å². The minimum Gasteiger partial charge on any atom is -0.388 e. The van der Waals surface area contributed by atoms with Crippen molar-refractivity contribution in [2.45, 2.75) is 17.2 Å². The van der Waals surface area contributed by atoms with E-state index >= 15 is 0 Å². The monoisotopic (exact) mass is 302 g/mol. The molecule has 0 bridgehead atoms. The molecule has 0 spiro atoms. The zero-order valence-corrected chi connectivity index (χ0v) is 12.7.